The molecule has 0 aliphatic heterocycles. The standard InChI is InChI=1S/C9H23NO3Si/c1-10(2)6-7-13-8-9-14(5,11-3)12-4/h6-9H2,1-5H3. The molecule has 0 aromatic carbocycles. The van der Waals surface area contributed by atoms with Gasteiger partial charge in [0.25, 0.3) is 0 Å². The van der Waals surface area contributed by atoms with Gasteiger partial charge in [-0.3, -0.25) is 0 Å². The second kappa shape index (κ2) is 7.36. The van der Waals surface area contributed by atoms with Crippen LogP contribution in [0.4, 0.5) is 0 Å². The number of nitrogens with zero attached hydrogens (tertiary/aromatic N) is 1. The average Bonchev–Trinajstić information content (AvgIpc) is 2.16. The van der Waals surface area contributed by atoms with Crippen molar-refractivity contribution in [3.63, 3.8) is 0 Å². The Morgan fingerprint density at radius 2 is 1.64 bits per heavy atom. The van der Waals surface area contributed by atoms with Crippen LogP contribution >= 0.6 is 0 Å². The van der Waals surface area contributed by atoms with E-state index in [1.165, 1.54) is 0 Å². The second-order valence-electron chi connectivity index (χ2n) is 3.71. The molecule has 5 heteroatoms. The summed E-state index contributed by atoms with van der Waals surface area (Å²) >= 11 is 0. The zero-order valence-electron chi connectivity index (χ0n) is 10.0. The van der Waals surface area contributed by atoms with Crippen LogP contribution in [0.25, 0.3) is 0 Å². The molecular formula is C9H23NO3Si. The minimum Gasteiger partial charge on any atom is -0.398 e. The lowest BCUT2D eigenvalue weighted by molar-refractivity contribution is 0.120. The van der Waals surface area contributed by atoms with E-state index in [4.69, 9.17) is 13.6 Å². The Hall–Kier alpha value is 0.0569. The normalized spacial score (nSPS) is 12.4. The molecule has 4 nitrogen and oxygen atoms in total. The molecule has 14 heavy (non-hydrogen) atoms. The van der Waals surface area contributed by atoms with Crippen molar-refractivity contribution in [3.05, 3.63) is 0 Å². The van der Waals surface area contributed by atoms with Crippen LogP contribution in [0.2, 0.25) is 12.6 Å². The van der Waals surface area contributed by atoms with E-state index in [0.717, 1.165) is 25.8 Å². The summed E-state index contributed by atoms with van der Waals surface area (Å²) in [7, 11) is 5.56. The molecule has 0 fully saturated rings. The SMILES string of the molecule is CO[Si](C)(CCOCCN(C)C)OC. The Labute approximate surface area is 88.4 Å². The summed E-state index contributed by atoms with van der Waals surface area (Å²) in [5.41, 5.74) is 0. The summed E-state index contributed by atoms with van der Waals surface area (Å²) < 4.78 is 16.2. The molecule has 0 saturated carbocycles. The summed E-state index contributed by atoms with van der Waals surface area (Å²) in [4.78, 5) is 2.10. The third kappa shape index (κ3) is 6.50. The van der Waals surface area contributed by atoms with E-state index >= 15 is 0 Å². The first-order chi connectivity index (χ1) is 6.54. The second-order valence-corrected chi connectivity index (χ2v) is 7.29. The molecule has 0 atom stereocenters. The smallest absolute Gasteiger partial charge is 0.336 e. The highest BCUT2D eigenvalue weighted by molar-refractivity contribution is 6.65. The van der Waals surface area contributed by atoms with Crippen molar-refractivity contribution >= 4 is 8.56 Å². The fourth-order valence-electron chi connectivity index (χ4n) is 0.894. The summed E-state index contributed by atoms with van der Waals surface area (Å²) in [6.45, 7) is 4.49. The van der Waals surface area contributed by atoms with Crippen LogP contribution in [0.3, 0.4) is 0 Å². The Morgan fingerprint density at radius 3 is 2.07 bits per heavy atom. The van der Waals surface area contributed by atoms with Crippen molar-refractivity contribution in [3.8, 4) is 0 Å². The van der Waals surface area contributed by atoms with Gasteiger partial charge in [-0.05, 0) is 20.6 Å². The van der Waals surface area contributed by atoms with Gasteiger partial charge in [-0.1, -0.05) is 0 Å². The molecule has 0 amide bonds. The number of hydrogen-bond donors (Lipinski definition) is 0. The molecule has 0 aromatic heterocycles. The first-order valence-corrected chi connectivity index (χ1v) is 7.39. The van der Waals surface area contributed by atoms with Crippen LogP contribution in [-0.4, -0.2) is 61.5 Å². The predicted molar refractivity (Wildman–Crippen MR) is 59.8 cm³/mol. The summed E-state index contributed by atoms with van der Waals surface area (Å²) in [5, 5.41) is 0. The maximum absolute atomic E-state index is 5.48. The van der Waals surface area contributed by atoms with Gasteiger partial charge < -0.3 is 18.5 Å². The average molecular weight is 221 g/mol. The van der Waals surface area contributed by atoms with Crippen molar-refractivity contribution in [1.82, 2.24) is 4.90 Å². The fourth-order valence-corrected chi connectivity index (χ4v) is 1.98. The molecule has 0 aromatic rings. The van der Waals surface area contributed by atoms with E-state index in [9.17, 15) is 0 Å². The van der Waals surface area contributed by atoms with E-state index in [0.29, 0.717) is 0 Å². The van der Waals surface area contributed by atoms with Crippen molar-refractivity contribution < 1.29 is 13.6 Å². The first kappa shape index (κ1) is 14.1. The fraction of sp³-hybridized carbons (Fsp3) is 1.00. The summed E-state index contributed by atoms with van der Waals surface area (Å²) in [5.74, 6) is 0. The van der Waals surface area contributed by atoms with E-state index in [-0.39, 0.29) is 0 Å². The highest BCUT2D eigenvalue weighted by Gasteiger charge is 2.27. The number of hydrogen-bond acceptors (Lipinski definition) is 4. The van der Waals surface area contributed by atoms with Crippen LogP contribution in [-0.2, 0) is 13.6 Å². The number of ether oxygens (including phenoxy) is 1. The predicted octanol–water partition coefficient (Wildman–Crippen LogP) is 0.929. The molecular weight excluding hydrogens is 198 g/mol. The van der Waals surface area contributed by atoms with Gasteiger partial charge in [0.15, 0.2) is 0 Å². The van der Waals surface area contributed by atoms with Gasteiger partial charge in [-0.2, -0.15) is 0 Å². The highest BCUT2D eigenvalue weighted by Crippen LogP contribution is 2.10. The van der Waals surface area contributed by atoms with Gasteiger partial charge in [0, 0.05) is 33.4 Å². The minimum atomic E-state index is -1.91. The lowest BCUT2D eigenvalue weighted by atomic mass is 10.6. The van der Waals surface area contributed by atoms with Crippen molar-refractivity contribution in [1.29, 1.82) is 0 Å². The molecule has 0 aliphatic rings. The van der Waals surface area contributed by atoms with Crippen molar-refractivity contribution in [2.75, 3.05) is 48.1 Å². The van der Waals surface area contributed by atoms with Crippen molar-refractivity contribution in [2.24, 2.45) is 0 Å². The van der Waals surface area contributed by atoms with E-state index < -0.39 is 8.56 Å². The summed E-state index contributed by atoms with van der Waals surface area (Å²) in [6, 6.07) is 0.882. The molecule has 0 aliphatic carbocycles. The third-order valence-corrected chi connectivity index (χ3v) is 5.09. The topological polar surface area (TPSA) is 30.9 Å². The maximum atomic E-state index is 5.48. The minimum absolute atomic E-state index is 0.720. The molecule has 0 bridgehead atoms. The van der Waals surface area contributed by atoms with E-state index in [2.05, 4.69) is 4.90 Å². The Balaban J connectivity index is 3.43. The Kier molecular flexibility index (Phi) is 7.39. The van der Waals surface area contributed by atoms with Crippen LogP contribution in [0.1, 0.15) is 0 Å². The Morgan fingerprint density at radius 1 is 1.07 bits per heavy atom. The van der Waals surface area contributed by atoms with E-state index in [1.807, 2.05) is 20.6 Å². The molecule has 0 rings (SSSR count). The summed E-state index contributed by atoms with van der Waals surface area (Å²) in [6.07, 6.45) is 0. The van der Waals surface area contributed by atoms with Crippen LogP contribution < -0.4 is 0 Å². The number of likely N-dealkylation sites (N-methyl/N-ethyl adjacent to an activating group) is 1. The van der Waals surface area contributed by atoms with Gasteiger partial charge >= 0.3 is 8.56 Å². The van der Waals surface area contributed by atoms with Gasteiger partial charge in [-0.15, -0.1) is 0 Å². The number of rotatable bonds is 8. The molecule has 0 spiro atoms. The van der Waals surface area contributed by atoms with Gasteiger partial charge in [0.1, 0.15) is 0 Å². The molecule has 0 saturated heterocycles. The maximum Gasteiger partial charge on any atom is 0.336 e. The third-order valence-electron chi connectivity index (χ3n) is 2.25. The highest BCUT2D eigenvalue weighted by atomic mass is 28.4. The largest absolute Gasteiger partial charge is 0.398 e. The van der Waals surface area contributed by atoms with Gasteiger partial charge in [0.05, 0.1) is 6.61 Å². The monoisotopic (exact) mass is 221 g/mol. The Bertz CT molecular complexity index is 140. The quantitative estimate of drug-likeness (QED) is 0.451. The van der Waals surface area contributed by atoms with Crippen LogP contribution in [0, 0.1) is 0 Å². The lowest BCUT2D eigenvalue weighted by Crippen LogP contribution is -2.37. The molecule has 86 valence electrons. The van der Waals surface area contributed by atoms with Crippen LogP contribution in [0.15, 0.2) is 0 Å². The zero-order valence-corrected chi connectivity index (χ0v) is 11.0. The molecule has 0 N–H and O–H groups in total. The van der Waals surface area contributed by atoms with Crippen LogP contribution in [0.5, 0.6) is 0 Å². The van der Waals surface area contributed by atoms with Crippen molar-refractivity contribution in [2.45, 2.75) is 12.6 Å². The molecule has 0 radical (unpaired) electrons. The first-order valence-electron chi connectivity index (χ1n) is 4.87. The zero-order chi connectivity index (χ0) is 11.0. The molecule has 0 unspecified atom stereocenters. The molecule has 0 heterocycles. The van der Waals surface area contributed by atoms with Gasteiger partial charge in [-0.25, -0.2) is 0 Å². The lowest BCUT2D eigenvalue weighted by Gasteiger charge is -2.22. The van der Waals surface area contributed by atoms with Gasteiger partial charge in [0.2, 0.25) is 0 Å². The van der Waals surface area contributed by atoms with E-state index in [1.54, 1.807) is 14.2 Å².